The highest BCUT2D eigenvalue weighted by molar-refractivity contribution is 5.80. The van der Waals surface area contributed by atoms with E-state index in [2.05, 4.69) is 25.0 Å². The van der Waals surface area contributed by atoms with Gasteiger partial charge in [-0.1, -0.05) is 12.1 Å². The van der Waals surface area contributed by atoms with E-state index in [1.165, 1.54) is 16.7 Å². The third-order valence-electron chi connectivity index (χ3n) is 4.72. The van der Waals surface area contributed by atoms with Crippen LogP contribution in [0.2, 0.25) is 0 Å². The van der Waals surface area contributed by atoms with Crippen LogP contribution >= 0.6 is 0 Å². The first kappa shape index (κ1) is 21.4. The number of nitrogens with one attached hydrogen (secondary N) is 1. The van der Waals surface area contributed by atoms with Gasteiger partial charge in [0.15, 0.2) is 11.6 Å². The van der Waals surface area contributed by atoms with Crippen molar-refractivity contribution in [2.24, 2.45) is 0 Å². The van der Waals surface area contributed by atoms with Crippen molar-refractivity contribution in [2.75, 3.05) is 5.32 Å². The van der Waals surface area contributed by atoms with Gasteiger partial charge in [-0.05, 0) is 31.2 Å². The molecule has 0 aliphatic carbocycles. The molecule has 2 heterocycles. The predicted molar refractivity (Wildman–Crippen MR) is 107 cm³/mol. The summed E-state index contributed by atoms with van der Waals surface area (Å²) in [5.41, 5.74) is 0.491. The number of aromatic nitrogens is 4. The molecule has 0 unspecified atom stereocenters. The lowest BCUT2D eigenvalue weighted by Crippen LogP contribution is -2.23. The lowest BCUT2D eigenvalue weighted by Gasteiger charge is -2.14. The summed E-state index contributed by atoms with van der Waals surface area (Å²) < 4.78 is 62.4. The number of rotatable bonds is 8. The fraction of sp³-hybridized carbons (Fsp3) is 0.250. The first-order valence-electron chi connectivity index (χ1n) is 9.52. The predicted octanol–water partition coefficient (Wildman–Crippen LogP) is 3.88. The largest absolute Gasteiger partial charge is 0.435 e. The molecule has 4 rings (SSSR count). The molecule has 8 nitrogen and oxygen atoms in total. The quantitative estimate of drug-likeness (QED) is 0.410. The van der Waals surface area contributed by atoms with Gasteiger partial charge in [0.25, 0.3) is 5.56 Å². The molecule has 0 fully saturated rings. The number of para-hydroxylation sites is 1. The fourth-order valence-corrected chi connectivity index (χ4v) is 3.41. The van der Waals surface area contributed by atoms with Crippen LogP contribution in [0.3, 0.4) is 0 Å². The molecule has 12 heteroatoms. The van der Waals surface area contributed by atoms with Gasteiger partial charge in [0.05, 0.1) is 23.1 Å². The molecule has 4 aromatic rings. The Morgan fingerprint density at radius 3 is 2.50 bits per heavy atom. The van der Waals surface area contributed by atoms with Crippen LogP contribution in [0.25, 0.3) is 16.7 Å². The molecule has 0 atom stereocenters. The first-order chi connectivity index (χ1) is 15.4. The summed E-state index contributed by atoms with van der Waals surface area (Å²) in [4.78, 5) is 12.7. The van der Waals surface area contributed by atoms with Crippen molar-refractivity contribution in [1.82, 2.24) is 19.2 Å². The van der Waals surface area contributed by atoms with Crippen molar-refractivity contribution >= 4 is 22.4 Å². The molecule has 2 aromatic carbocycles. The van der Waals surface area contributed by atoms with Crippen LogP contribution in [0.5, 0.6) is 11.5 Å². The molecule has 32 heavy (non-hydrogen) atoms. The molecular weight excluding hydrogens is 434 g/mol. The van der Waals surface area contributed by atoms with Gasteiger partial charge in [-0.25, -0.2) is 0 Å². The molecule has 0 spiro atoms. The molecule has 0 amide bonds. The molecular formula is C20H17F4N5O3. The highest BCUT2D eigenvalue weighted by Gasteiger charge is 2.17. The van der Waals surface area contributed by atoms with Crippen molar-refractivity contribution < 1.29 is 27.0 Å². The van der Waals surface area contributed by atoms with Crippen LogP contribution in [0, 0.1) is 0 Å². The van der Waals surface area contributed by atoms with Crippen molar-refractivity contribution in [1.29, 1.82) is 0 Å². The number of hydrogen-bond donors (Lipinski definition) is 1. The number of ether oxygens (including phenoxy) is 2. The third-order valence-corrected chi connectivity index (χ3v) is 4.72. The summed E-state index contributed by atoms with van der Waals surface area (Å²) in [6, 6.07) is 10.4. The van der Waals surface area contributed by atoms with Gasteiger partial charge < -0.3 is 14.8 Å². The second kappa shape index (κ2) is 8.73. The van der Waals surface area contributed by atoms with E-state index >= 15 is 0 Å². The molecule has 1 N–H and O–H groups in total. The first-order valence-corrected chi connectivity index (χ1v) is 9.52. The number of halogens is 4. The Hall–Kier alpha value is -3.83. The molecule has 0 aliphatic rings. The minimum Gasteiger partial charge on any atom is -0.435 e. The van der Waals surface area contributed by atoms with E-state index in [0.717, 1.165) is 6.07 Å². The van der Waals surface area contributed by atoms with E-state index < -0.39 is 13.2 Å². The Bertz CT molecular complexity index is 1320. The number of anilines is 1. The zero-order valence-electron chi connectivity index (χ0n) is 16.6. The lowest BCUT2D eigenvalue weighted by atomic mass is 10.2. The Kier molecular flexibility index (Phi) is 5.84. The van der Waals surface area contributed by atoms with Gasteiger partial charge >= 0.3 is 13.2 Å². The molecule has 0 saturated carbocycles. The van der Waals surface area contributed by atoms with E-state index in [1.807, 2.05) is 0 Å². The van der Waals surface area contributed by atoms with Gasteiger partial charge in [-0.15, -0.1) is 10.2 Å². The van der Waals surface area contributed by atoms with Crippen LogP contribution in [-0.2, 0) is 13.1 Å². The van der Waals surface area contributed by atoms with Crippen molar-refractivity contribution in [3.05, 3.63) is 58.6 Å². The van der Waals surface area contributed by atoms with E-state index in [4.69, 9.17) is 0 Å². The summed E-state index contributed by atoms with van der Waals surface area (Å²) in [6.07, 6.45) is 0. The summed E-state index contributed by atoms with van der Waals surface area (Å²) in [5, 5.41) is 11.6. The number of alkyl halides is 4. The van der Waals surface area contributed by atoms with E-state index in [0.29, 0.717) is 29.0 Å². The monoisotopic (exact) mass is 451 g/mol. The average Bonchev–Trinajstić information content (AvgIpc) is 3.17. The van der Waals surface area contributed by atoms with Crippen LogP contribution in [0.1, 0.15) is 12.7 Å². The number of fused-ring (bicyclic) bond motifs is 3. The van der Waals surface area contributed by atoms with Gasteiger partial charge in [0, 0.05) is 12.6 Å². The van der Waals surface area contributed by atoms with Gasteiger partial charge in [0.2, 0.25) is 5.78 Å². The molecule has 0 saturated heterocycles. The van der Waals surface area contributed by atoms with Crippen LogP contribution in [0.4, 0.5) is 23.2 Å². The van der Waals surface area contributed by atoms with Crippen LogP contribution in [0.15, 0.2) is 47.3 Å². The minimum absolute atomic E-state index is 0.0156. The number of benzene rings is 2. The standard InChI is InChI=1S/C20H17F4N5O3/c1-2-28-17(30)12-5-3-4-6-14(12)29-16(26-27-20(28)29)10-25-13-8-7-11(31-18(21)22)9-15(13)32-19(23)24/h3-9,18-19,25H,2,10H2,1H3. The van der Waals surface area contributed by atoms with Crippen molar-refractivity contribution in [3.8, 4) is 11.5 Å². The maximum Gasteiger partial charge on any atom is 0.387 e. The SMILES string of the molecule is CCn1c(=O)c2ccccc2n2c(CNc3ccc(OC(F)F)cc3OC(F)F)nnc12. The highest BCUT2D eigenvalue weighted by atomic mass is 19.3. The average molecular weight is 451 g/mol. The maximum atomic E-state index is 12.8. The fourth-order valence-electron chi connectivity index (χ4n) is 3.41. The summed E-state index contributed by atoms with van der Waals surface area (Å²) in [6.45, 7) is -4.09. The normalized spacial score (nSPS) is 11.6. The van der Waals surface area contributed by atoms with Crippen LogP contribution in [-0.4, -0.2) is 32.4 Å². The van der Waals surface area contributed by atoms with Crippen molar-refractivity contribution in [3.63, 3.8) is 0 Å². The number of nitrogens with zero attached hydrogens (tertiary/aromatic N) is 4. The second-order valence-electron chi connectivity index (χ2n) is 6.59. The third kappa shape index (κ3) is 4.03. The highest BCUT2D eigenvalue weighted by Crippen LogP contribution is 2.32. The molecule has 0 aliphatic heterocycles. The Morgan fingerprint density at radius 2 is 1.78 bits per heavy atom. The zero-order valence-corrected chi connectivity index (χ0v) is 16.6. The molecule has 168 valence electrons. The summed E-state index contributed by atoms with van der Waals surface area (Å²) >= 11 is 0. The van der Waals surface area contributed by atoms with Gasteiger partial charge in [0.1, 0.15) is 5.75 Å². The Balaban J connectivity index is 1.72. The summed E-state index contributed by atoms with van der Waals surface area (Å²) in [7, 11) is 0. The molecule has 0 bridgehead atoms. The van der Waals surface area contributed by atoms with E-state index in [-0.39, 0.29) is 29.3 Å². The van der Waals surface area contributed by atoms with E-state index in [9.17, 15) is 22.4 Å². The van der Waals surface area contributed by atoms with E-state index in [1.54, 1.807) is 35.6 Å². The maximum absolute atomic E-state index is 12.8. The van der Waals surface area contributed by atoms with Gasteiger partial charge in [-0.3, -0.25) is 13.8 Å². The second-order valence-corrected chi connectivity index (χ2v) is 6.59. The topological polar surface area (TPSA) is 82.7 Å². The Morgan fingerprint density at radius 1 is 1.03 bits per heavy atom. The zero-order chi connectivity index (χ0) is 22.8. The summed E-state index contributed by atoms with van der Waals surface area (Å²) in [5.74, 6) is 0.0291. The molecule has 0 radical (unpaired) electrons. The number of aryl methyl sites for hydroxylation is 1. The Labute approximate surface area is 178 Å². The van der Waals surface area contributed by atoms with Gasteiger partial charge in [-0.2, -0.15) is 17.6 Å². The smallest absolute Gasteiger partial charge is 0.387 e. The molecule has 2 aromatic heterocycles. The minimum atomic E-state index is -3.17. The van der Waals surface area contributed by atoms with Crippen LogP contribution < -0.4 is 20.3 Å². The number of hydrogen-bond acceptors (Lipinski definition) is 6. The lowest BCUT2D eigenvalue weighted by molar-refractivity contribution is -0.0539. The van der Waals surface area contributed by atoms with Crippen molar-refractivity contribution in [2.45, 2.75) is 33.2 Å².